The summed E-state index contributed by atoms with van der Waals surface area (Å²) in [5.41, 5.74) is 2.19. The van der Waals surface area contributed by atoms with E-state index in [2.05, 4.69) is 22.2 Å². The molecule has 0 bridgehead atoms. The number of nitrogens with one attached hydrogen (secondary N) is 1. The molecular weight excluding hydrogens is 210 g/mol. The van der Waals surface area contributed by atoms with E-state index >= 15 is 0 Å². The lowest BCUT2D eigenvalue weighted by Gasteiger charge is -2.42. The lowest BCUT2D eigenvalue weighted by atomic mass is 9.75. The highest BCUT2D eigenvalue weighted by atomic mass is 15.1. The summed E-state index contributed by atoms with van der Waals surface area (Å²) in [4.78, 5) is 9.05. The minimum absolute atomic E-state index is 0.275. The van der Waals surface area contributed by atoms with Gasteiger partial charge in [-0.2, -0.15) is 0 Å². The molecule has 3 heteroatoms. The van der Waals surface area contributed by atoms with Crippen molar-refractivity contribution >= 4 is 16.9 Å². The van der Waals surface area contributed by atoms with Crippen LogP contribution in [0, 0.1) is 0 Å². The summed E-state index contributed by atoms with van der Waals surface area (Å²) in [5.74, 6) is 0.908. The molecule has 2 aromatic rings. The van der Waals surface area contributed by atoms with Crippen LogP contribution in [0.3, 0.4) is 0 Å². The third kappa shape index (κ3) is 1.86. The Morgan fingerprint density at radius 2 is 2.00 bits per heavy atom. The molecule has 17 heavy (non-hydrogen) atoms. The Balaban J connectivity index is 1.90. The van der Waals surface area contributed by atoms with Gasteiger partial charge in [0.25, 0.3) is 0 Å². The Labute approximate surface area is 101 Å². The van der Waals surface area contributed by atoms with E-state index in [1.807, 2.05) is 30.5 Å². The van der Waals surface area contributed by atoms with Gasteiger partial charge in [-0.15, -0.1) is 0 Å². The van der Waals surface area contributed by atoms with E-state index < -0.39 is 0 Å². The molecule has 0 atom stereocenters. The number of rotatable bonds is 3. The van der Waals surface area contributed by atoms with E-state index in [0.29, 0.717) is 0 Å². The SMILES string of the molecule is CCC1(Nc2cnc3ccccc3n2)CCC1. The molecule has 3 nitrogen and oxygen atoms in total. The van der Waals surface area contributed by atoms with Crippen molar-refractivity contribution in [2.45, 2.75) is 38.1 Å². The highest BCUT2D eigenvalue weighted by molar-refractivity contribution is 5.75. The van der Waals surface area contributed by atoms with E-state index in [4.69, 9.17) is 0 Å². The number of aromatic nitrogens is 2. The third-order valence-corrected chi connectivity index (χ3v) is 3.83. The molecule has 1 heterocycles. The summed E-state index contributed by atoms with van der Waals surface area (Å²) in [7, 11) is 0. The fraction of sp³-hybridized carbons (Fsp3) is 0.429. The van der Waals surface area contributed by atoms with Gasteiger partial charge >= 0.3 is 0 Å². The Hall–Kier alpha value is -1.64. The molecular formula is C14H17N3. The van der Waals surface area contributed by atoms with Gasteiger partial charge in [-0.25, -0.2) is 4.98 Å². The minimum Gasteiger partial charge on any atom is -0.363 e. The summed E-state index contributed by atoms with van der Waals surface area (Å²) >= 11 is 0. The zero-order valence-electron chi connectivity index (χ0n) is 10.1. The number of benzene rings is 1. The van der Waals surface area contributed by atoms with Crippen molar-refractivity contribution in [1.29, 1.82) is 0 Å². The van der Waals surface area contributed by atoms with E-state index in [9.17, 15) is 0 Å². The molecule has 0 aliphatic heterocycles. The number of para-hydroxylation sites is 2. The number of hydrogen-bond acceptors (Lipinski definition) is 3. The predicted octanol–water partition coefficient (Wildman–Crippen LogP) is 3.37. The molecule has 0 radical (unpaired) electrons. The Morgan fingerprint density at radius 3 is 2.65 bits per heavy atom. The summed E-state index contributed by atoms with van der Waals surface area (Å²) < 4.78 is 0. The predicted molar refractivity (Wildman–Crippen MR) is 70.0 cm³/mol. The van der Waals surface area contributed by atoms with E-state index in [1.165, 1.54) is 19.3 Å². The monoisotopic (exact) mass is 227 g/mol. The first kappa shape index (κ1) is 10.5. The number of hydrogen-bond donors (Lipinski definition) is 1. The van der Waals surface area contributed by atoms with Crippen LogP contribution in [0.15, 0.2) is 30.5 Å². The zero-order chi connectivity index (χ0) is 11.7. The van der Waals surface area contributed by atoms with Crippen LogP contribution in [0.4, 0.5) is 5.82 Å². The van der Waals surface area contributed by atoms with E-state index in [0.717, 1.165) is 23.3 Å². The van der Waals surface area contributed by atoms with Crippen molar-refractivity contribution in [3.05, 3.63) is 30.5 Å². The van der Waals surface area contributed by atoms with Crippen LogP contribution in [-0.4, -0.2) is 15.5 Å². The lowest BCUT2D eigenvalue weighted by Crippen LogP contribution is -2.44. The van der Waals surface area contributed by atoms with Gasteiger partial charge in [0.2, 0.25) is 0 Å². The van der Waals surface area contributed by atoms with Gasteiger partial charge in [-0.05, 0) is 37.8 Å². The highest BCUT2D eigenvalue weighted by Crippen LogP contribution is 2.37. The zero-order valence-corrected chi connectivity index (χ0v) is 10.1. The van der Waals surface area contributed by atoms with Crippen molar-refractivity contribution in [1.82, 2.24) is 9.97 Å². The molecule has 1 aromatic carbocycles. The Bertz CT molecular complexity index is 526. The molecule has 1 N–H and O–H groups in total. The largest absolute Gasteiger partial charge is 0.363 e. The van der Waals surface area contributed by atoms with Crippen molar-refractivity contribution < 1.29 is 0 Å². The van der Waals surface area contributed by atoms with Crippen LogP contribution in [0.5, 0.6) is 0 Å². The standard InChI is InChI=1S/C14H17N3/c1-2-14(8-5-9-14)17-13-10-15-11-6-3-4-7-12(11)16-13/h3-4,6-7,10H,2,5,8-9H2,1H3,(H,16,17). The van der Waals surface area contributed by atoms with Crippen LogP contribution >= 0.6 is 0 Å². The number of anilines is 1. The van der Waals surface area contributed by atoms with Crippen molar-refractivity contribution in [2.75, 3.05) is 5.32 Å². The van der Waals surface area contributed by atoms with Crippen LogP contribution in [-0.2, 0) is 0 Å². The van der Waals surface area contributed by atoms with Gasteiger partial charge in [0.15, 0.2) is 0 Å². The average molecular weight is 227 g/mol. The first-order chi connectivity index (χ1) is 8.31. The van der Waals surface area contributed by atoms with Gasteiger partial charge in [-0.1, -0.05) is 19.1 Å². The normalized spacial score (nSPS) is 17.7. The van der Waals surface area contributed by atoms with Crippen LogP contribution in [0.1, 0.15) is 32.6 Å². The van der Waals surface area contributed by atoms with Gasteiger partial charge in [-0.3, -0.25) is 4.98 Å². The molecule has 3 rings (SSSR count). The van der Waals surface area contributed by atoms with Crippen LogP contribution < -0.4 is 5.32 Å². The molecule has 1 saturated carbocycles. The summed E-state index contributed by atoms with van der Waals surface area (Å²) in [6.07, 6.45) is 6.82. The van der Waals surface area contributed by atoms with Gasteiger partial charge < -0.3 is 5.32 Å². The minimum atomic E-state index is 0.275. The lowest BCUT2D eigenvalue weighted by molar-refractivity contribution is 0.269. The second kappa shape index (κ2) is 3.99. The van der Waals surface area contributed by atoms with Gasteiger partial charge in [0.1, 0.15) is 5.82 Å². The van der Waals surface area contributed by atoms with Crippen LogP contribution in [0.2, 0.25) is 0 Å². The third-order valence-electron chi connectivity index (χ3n) is 3.83. The van der Waals surface area contributed by atoms with Crippen LogP contribution in [0.25, 0.3) is 11.0 Å². The fourth-order valence-corrected chi connectivity index (χ4v) is 2.46. The average Bonchev–Trinajstić information content (AvgIpc) is 2.34. The molecule has 0 unspecified atom stereocenters. The first-order valence-corrected chi connectivity index (χ1v) is 6.31. The Morgan fingerprint density at radius 1 is 1.24 bits per heavy atom. The maximum atomic E-state index is 4.62. The molecule has 1 aliphatic rings. The number of fused-ring (bicyclic) bond motifs is 1. The smallest absolute Gasteiger partial charge is 0.145 e. The maximum Gasteiger partial charge on any atom is 0.145 e. The highest BCUT2D eigenvalue weighted by Gasteiger charge is 2.35. The first-order valence-electron chi connectivity index (χ1n) is 6.31. The van der Waals surface area contributed by atoms with E-state index in [-0.39, 0.29) is 5.54 Å². The van der Waals surface area contributed by atoms with E-state index in [1.54, 1.807) is 0 Å². The molecule has 1 aromatic heterocycles. The van der Waals surface area contributed by atoms with Gasteiger partial charge in [0.05, 0.1) is 17.2 Å². The maximum absolute atomic E-state index is 4.62. The summed E-state index contributed by atoms with van der Waals surface area (Å²) in [6, 6.07) is 7.99. The fourth-order valence-electron chi connectivity index (χ4n) is 2.46. The molecule has 88 valence electrons. The molecule has 1 fully saturated rings. The molecule has 0 saturated heterocycles. The van der Waals surface area contributed by atoms with Crippen molar-refractivity contribution in [2.24, 2.45) is 0 Å². The second-order valence-corrected chi connectivity index (χ2v) is 4.86. The molecule has 1 aliphatic carbocycles. The molecule has 0 amide bonds. The number of nitrogens with zero attached hydrogens (tertiary/aromatic N) is 2. The van der Waals surface area contributed by atoms with Crippen molar-refractivity contribution in [3.8, 4) is 0 Å². The second-order valence-electron chi connectivity index (χ2n) is 4.86. The topological polar surface area (TPSA) is 37.8 Å². The Kier molecular flexibility index (Phi) is 2.46. The summed E-state index contributed by atoms with van der Waals surface area (Å²) in [5, 5.41) is 3.56. The van der Waals surface area contributed by atoms with Gasteiger partial charge in [0, 0.05) is 5.54 Å². The quantitative estimate of drug-likeness (QED) is 0.873. The van der Waals surface area contributed by atoms with Crippen molar-refractivity contribution in [3.63, 3.8) is 0 Å². The summed E-state index contributed by atoms with van der Waals surface area (Å²) in [6.45, 7) is 2.24. The molecule has 0 spiro atoms.